The van der Waals surface area contributed by atoms with Crippen LogP contribution in [0.15, 0.2) is 24.3 Å². The maximum absolute atomic E-state index is 11.4. The fourth-order valence-corrected chi connectivity index (χ4v) is 2.25. The van der Waals surface area contributed by atoms with Gasteiger partial charge in [0.2, 0.25) is 10.9 Å². The van der Waals surface area contributed by atoms with Gasteiger partial charge in [-0.25, -0.2) is 17.5 Å². The molecule has 0 saturated heterocycles. The largest absolute Gasteiger partial charge is 0.465 e. The van der Waals surface area contributed by atoms with E-state index in [0.717, 1.165) is 5.56 Å². The average molecular weight is 309 g/mol. The molecule has 0 aliphatic carbocycles. The SMILES string of the molecule is CCN(CCCC#Cc1cccc(C(=O)OC)c1)[SH](=O)=O. The molecule has 0 aliphatic rings. The first-order valence-corrected chi connectivity index (χ1v) is 7.78. The molecule has 0 unspecified atom stereocenters. The Hall–Kier alpha value is -1.84. The molecule has 0 bridgehead atoms. The third-order valence-electron chi connectivity index (χ3n) is 2.83. The Morgan fingerprint density at radius 3 is 2.76 bits per heavy atom. The number of ether oxygens (including phenoxy) is 1. The molecule has 0 N–H and O–H groups in total. The summed E-state index contributed by atoms with van der Waals surface area (Å²) >= 11 is 0. The summed E-state index contributed by atoms with van der Waals surface area (Å²) in [6.07, 6.45) is 1.28. The molecular weight excluding hydrogens is 290 g/mol. The van der Waals surface area contributed by atoms with E-state index < -0.39 is 16.9 Å². The van der Waals surface area contributed by atoms with Crippen molar-refractivity contribution in [1.29, 1.82) is 0 Å². The van der Waals surface area contributed by atoms with Crippen LogP contribution in [0.5, 0.6) is 0 Å². The Morgan fingerprint density at radius 1 is 1.38 bits per heavy atom. The number of hydrogen-bond acceptors (Lipinski definition) is 4. The lowest BCUT2D eigenvalue weighted by Gasteiger charge is -2.10. The second-order valence-corrected chi connectivity index (χ2v) is 5.30. The number of thiol groups is 1. The van der Waals surface area contributed by atoms with Gasteiger partial charge in [0.25, 0.3) is 0 Å². The van der Waals surface area contributed by atoms with Gasteiger partial charge in [-0.15, -0.1) is 0 Å². The van der Waals surface area contributed by atoms with Crippen LogP contribution in [0.25, 0.3) is 0 Å². The molecular formula is C15H19NO4S. The van der Waals surface area contributed by atoms with Crippen LogP contribution in [0.1, 0.15) is 35.7 Å². The van der Waals surface area contributed by atoms with E-state index in [4.69, 9.17) is 0 Å². The van der Waals surface area contributed by atoms with Crippen LogP contribution >= 0.6 is 0 Å². The summed E-state index contributed by atoms with van der Waals surface area (Å²) in [6.45, 7) is 2.76. The van der Waals surface area contributed by atoms with E-state index in [2.05, 4.69) is 16.6 Å². The van der Waals surface area contributed by atoms with E-state index in [-0.39, 0.29) is 0 Å². The quantitative estimate of drug-likeness (QED) is 0.374. The highest BCUT2D eigenvalue weighted by Crippen LogP contribution is 2.05. The van der Waals surface area contributed by atoms with Gasteiger partial charge >= 0.3 is 5.97 Å². The highest BCUT2D eigenvalue weighted by Gasteiger charge is 2.04. The second-order valence-electron chi connectivity index (χ2n) is 4.26. The van der Waals surface area contributed by atoms with Crippen LogP contribution in [0, 0.1) is 11.8 Å². The molecule has 0 aliphatic heterocycles. The summed E-state index contributed by atoms with van der Waals surface area (Å²) in [5.74, 6) is 5.54. The molecule has 0 spiro atoms. The van der Waals surface area contributed by atoms with Crippen molar-refractivity contribution in [3.8, 4) is 11.8 Å². The van der Waals surface area contributed by atoms with E-state index in [1.807, 2.05) is 6.07 Å². The molecule has 0 fully saturated rings. The molecule has 1 aromatic rings. The van der Waals surface area contributed by atoms with Crippen LogP contribution < -0.4 is 0 Å². The minimum absolute atomic E-state index is 0.392. The molecule has 0 heterocycles. The number of methoxy groups -OCH3 is 1. The van der Waals surface area contributed by atoms with E-state index in [1.54, 1.807) is 25.1 Å². The van der Waals surface area contributed by atoms with E-state index in [9.17, 15) is 13.2 Å². The zero-order chi connectivity index (χ0) is 15.7. The van der Waals surface area contributed by atoms with E-state index in [1.165, 1.54) is 11.4 Å². The maximum Gasteiger partial charge on any atom is 0.337 e. The molecule has 0 saturated carbocycles. The number of unbranched alkanes of at least 4 members (excludes halogenated alkanes) is 1. The third kappa shape index (κ3) is 5.98. The molecule has 0 amide bonds. The van der Waals surface area contributed by atoms with Crippen molar-refractivity contribution in [2.24, 2.45) is 0 Å². The van der Waals surface area contributed by atoms with Crippen molar-refractivity contribution < 1.29 is 17.9 Å². The lowest BCUT2D eigenvalue weighted by molar-refractivity contribution is 0.0600. The van der Waals surface area contributed by atoms with Gasteiger partial charge in [0.05, 0.1) is 12.7 Å². The molecule has 6 heteroatoms. The van der Waals surface area contributed by atoms with Crippen molar-refractivity contribution in [3.05, 3.63) is 35.4 Å². The third-order valence-corrected chi connectivity index (χ3v) is 3.78. The van der Waals surface area contributed by atoms with Gasteiger partial charge < -0.3 is 4.74 Å². The fourth-order valence-electron chi connectivity index (χ4n) is 1.71. The Labute approximate surface area is 127 Å². The standard InChI is InChI=1S/C15H19NO4S/c1-3-16(21(18)19)11-6-4-5-8-13-9-7-10-14(12-13)15(17)20-2/h7,9-10,12,21H,3-4,6,11H2,1-2H3. The first kappa shape index (κ1) is 17.2. The fraction of sp³-hybridized carbons (Fsp3) is 0.400. The molecule has 1 rings (SSSR count). The molecule has 0 atom stereocenters. The van der Waals surface area contributed by atoms with Gasteiger partial charge in [-0.1, -0.05) is 24.8 Å². The number of esters is 1. The number of carbonyl (C=O) groups excluding carboxylic acids is 1. The molecule has 5 nitrogen and oxygen atoms in total. The minimum Gasteiger partial charge on any atom is -0.465 e. The first-order valence-electron chi connectivity index (χ1n) is 6.65. The lowest BCUT2D eigenvalue weighted by atomic mass is 10.1. The summed E-state index contributed by atoms with van der Waals surface area (Å²) in [5, 5.41) is 0. The van der Waals surface area contributed by atoms with Gasteiger partial charge in [-0.2, -0.15) is 0 Å². The average Bonchev–Trinajstić information content (AvgIpc) is 2.50. The highest BCUT2D eigenvalue weighted by atomic mass is 32.2. The maximum atomic E-state index is 11.4. The topological polar surface area (TPSA) is 63.7 Å². The number of rotatable bonds is 6. The van der Waals surface area contributed by atoms with Crippen molar-refractivity contribution in [2.75, 3.05) is 20.2 Å². The summed E-state index contributed by atoms with van der Waals surface area (Å²) in [6, 6.07) is 6.90. The van der Waals surface area contributed by atoms with Crippen LogP contribution in [0.4, 0.5) is 0 Å². The Kier molecular flexibility index (Phi) is 7.51. The van der Waals surface area contributed by atoms with Gasteiger partial charge in [-0.3, -0.25) is 0 Å². The highest BCUT2D eigenvalue weighted by molar-refractivity contribution is 7.69. The zero-order valence-electron chi connectivity index (χ0n) is 12.2. The Bertz CT molecular complexity index is 606. The molecule has 114 valence electrons. The van der Waals surface area contributed by atoms with Gasteiger partial charge in [0, 0.05) is 25.1 Å². The van der Waals surface area contributed by atoms with Gasteiger partial charge in [0.15, 0.2) is 0 Å². The van der Waals surface area contributed by atoms with Crippen molar-refractivity contribution in [2.45, 2.75) is 19.8 Å². The minimum atomic E-state index is -2.51. The lowest BCUT2D eigenvalue weighted by Crippen LogP contribution is -2.22. The zero-order valence-corrected chi connectivity index (χ0v) is 13.1. The van der Waals surface area contributed by atoms with Crippen molar-refractivity contribution in [3.63, 3.8) is 0 Å². The molecule has 0 aromatic heterocycles. The van der Waals surface area contributed by atoms with Crippen molar-refractivity contribution in [1.82, 2.24) is 4.31 Å². The van der Waals surface area contributed by atoms with Crippen LogP contribution in [0.2, 0.25) is 0 Å². The van der Waals surface area contributed by atoms with Crippen LogP contribution in [0.3, 0.4) is 0 Å². The number of hydrogen-bond donors (Lipinski definition) is 1. The normalized spacial score (nSPS) is 10.3. The molecule has 21 heavy (non-hydrogen) atoms. The van der Waals surface area contributed by atoms with Gasteiger partial charge in [-0.05, 0) is 24.6 Å². The summed E-state index contributed by atoms with van der Waals surface area (Å²) in [5.41, 5.74) is 1.20. The molecule has 1 aromatic carbocycles. The van der Waals surface area contributed by atoms with E-state index in [0.29, 0.717) is 31.5 Å². The smallest absolute Gasteiger partial charge is 0.337 e. The van der Waals surface area contributed by atoms with Gasteiger partial charge in [0.1, 0.15) is 0 Å². The number of nitrogens with zero attached hydrogens (tertiary/aromatic N) is 1. The predicted octanol–water partition coefficient (Wildman–Crippen LogP) is 1.45. The van der Waals surface area contributed by atoms with Crippen LogP contribution in [-0.2, 0) is 15.6 Å². The Balaban J connectivity index is 2.54. The van der Waals surface area contributed by atoms with Crippen molar-refractivity contribution >= 4 is 16.9 Å². The summed E-state index contributed by atoms with van der Waals surface area (Å²) in [4.78, 5) is 11.4. The van der Waals surface area contributed by atoms with Crippen LogP contribution in [-0.4, -0.2) is 38.9 Å². The summed E-state index contributed by atoms with van der Waals surface area (Å²) < 4.78 is 27.7. The monoisotopic (exact) mass is 309 g/mol. The first-order chi connectivity index (χ1) is 10.1. The number of carbonyl (C=O) groups is 1. The molecule has 0 radical (unpaired) electrons. The predicted molar refractivity (Wildman–Crippen MR) is 81.5 cm³/mol. The Morgan fingerprint density at radius 2 is 2.14 bits per heavy atom. The van der Waals surface area contributed by atoms with E-state index >= 15 is 0 Å². The number of benzene rings is 1. The second kappa shape index (κ2) is 9.16. The summed E-state index contributed by atoms with van der Waals surface area (Å²) in [7, 11) is -1.17.